The molecule has 23 heavy (non-hydrogen) atoms. The van der Waals surface area contributed by atoms with Crippen LogP contribution in [0.15, 0.2) is 47.7 Å². The summed E-state index contributed by atoms with van der Waals surface area (Å²) in [5.41, 5.74) is 1.22. The molecule has 0 fully saturated rings. The molecule has 1 aromatic carbocycles. The average Bonchev–Trinajstić information content (AvgIpc) is 2.98. The van der Waals surface area contributed by atoms with Crippen LogP contribution in [-0.2, 0) is 13.1 Å². The van der Waals surface area contributed by atoms with Crippen LogP contribution in [0.5, 0.6) is 0 Å². The molecule has 0 aliphatic heterocycles. The summed E-state index contributed by atoms with van der Waals surface area (Å²) in [6.45, 7) is 7.64. The number of nitrogens with one attached hydrogen (secondary N) is 2. The third-order valence-corrected chi connectivity index (χ3v) is 3.65. The van der Waals surface area contributed by atoms with Crippen LogP contribution >= 0.6 is 0 Å². The van der Waals surface area contributed by atoms with Crippen LogP contribution in [0.25, 0.3) is 0 Å². The number of hydrogen-bond acceptors (Lipinski definition) is 2. The Balaban J connectivity index is 1.70. The molecule has 1 heterocycles. The van der Waals surface area contributed by atoms with Crippen LogP contribution in [0.2, 0.25) is 0 Å². The Morgan fingerprint density at radius 1 is 1.17 bits per heavy atom. The van der Waals surface area contributed by atoms with E-state index in [1.807, 2.05) is 37.5 Å². The Labute approximate surface area is 138 Å². The van der Waals surface area contributed by atoms with Crippen molar-refractivity contribution in [1.82, 2.24) is 20.2 Å². The van der Waals surface area contributed by atoms with Gasteiger partial charge in [0.05, 0.1) is 6.54 Å². The molecule has 0 aliphatic rings. The lowest BCUT2D eigenvalue weighted by Gasteiger charge is -2.11. The largest absolute Gasteiger partial charge is 0.357 e. The Hall–Kier alpha value is -2.30. The number of guanidine groups is 1. The minimum Gasteiger partial charge on any atom is -0.357 e. The highest BCUT2D eigenvalue weighted by molar-refractivity contribution is 5.79. The predicted octanol–water partition coefficient (Wildman–Crippen LogP) is 2.73. The molecular formula is C18H27N5. The zero-order valence-electron chi connectivity index (χ0n) is 14.1. The minimum atomic E-state index is 0.699. The lowest BCUT2D eigenvalue weighted by atomic mass is 10.2. The van der Waals surface area contributed by atoms with Gasteiger partial charge in [0, 0.05) is 32.0 Å². The van der Waals surface area contributed by atoms with E-state index in [0.29, 0.717) is 6.54 Å². The van der Waals surface area contributed by atoms with Crippen molar-refractivity contribution in [3.8, 4) is 0 Å². The summed E-state index contributed by atoms with van der Waals surface area (Å²) in [5.74, 6) is 1.96. The summed E-state index contributed by atoms with van der Waals surface area (Å²) in [4.78, 5) is 8.86. The van der Waals surface area contributed by atoms with Crippen molar-refractivity contribution in [2.45, 2.75) is 39.8 Å². The molecule has 0 amide bonds. The summed E-state index contributed by atoms with van der Waals surface area (Å²) in [6, 6.07) is 10.3. The molecule has 0 bridgehead atoms. The number of aryl methyl sites for hydroxylation is 2. The van der Waals surface area contributed by atoms with Crippen LogP contribution in [0, 0.1) is 6.92 Å². The summed E-state index contributed by atoms with van der Waals surface area (Å²) < 4.78 is 2.19. The summed E-state index contributed by atoms with van der Waals surface area (Å²) in [5, 5.41) is 6.69. The fourth-order valence-corrected chi connectivity index (χ4v) is 2.35. The number of hydrogen-bond donors (Lipinski definition) is 2. The molecule has 0 saturated heterocycles. The summed E-state index contributed by atoms with van der Waals surface area (Å²) >= 11 is 0. The van der Waals surface area contributed by atoms with E-state index in [-0.39, 0.29) is 0 Å². The van der Waals surface area contributed by atoms with Gasteiger partial charge in [0.25, 0.3) is 0 Å². The van der Waals surface area contributed by atoms with Crippen LogP contribution in [-0.4, -0.2) is 28.6 Å². The van der Waals surface area contributed by atoms with E-state index in [1.165, 1.54) is 5.56 Å². The number of unbranched alkanes of at least 4 members (excludes halogenated alkanes) is 1. The maximum Gasteiger partial charge on any atom is 0.191 e. The molecule has 0 atom stereocenters. The second kappa shape index (κ2) is 9.66. The Bertz CT molecular complexity index is 588. The minimum absolute atomic E-state index is 0.699. The Morgan fingerprint density at radius 3 is 2.70 bits per heavy atom. The van der Waals surface area contributed by atoms with Gasteiger partial charge in [-0.2, -0.15) is 0 Å². The average molecular weight is 313 g/mol. The first-order chi connectivity index (χ1) is 11.3. The van der Waals surface area contributed by atoms with Crippen LogP contribution in [0.1, 0.15) is 31.2 Å². The number of nitrogens with zero attached hydrogens (tertiary/aromatic N) is 3. The van der Waals surface area contributed by atoms with Gasteiger partial charge in [0.2, 0.25) is 0 Å². The molecule has 0 spiro atoms. The lowest BCUT2D eigenvalue weighted by molar-refractivity contribution is 0.588. The zero-order chi connectivity index (χ0) is 16.3. The number of aliphatic imine (C=N–C) groups is 1. The van der Waals surface area contributed by atoms with Crippen molar-refractivity contribution < 1.29 is 0 Å². The van der Waals surface area contributed by atoms with Crippen molar-refractivity contribution in [1.29, 1.82) is 0 Å². The predicted molar refractivity (Wildman–Crippen MR) is 95.5 cm³/mol. The quantitative estimate of drug-likeness (QED) is 0.447. The third-order valence-electron chi connectivity index (χ3n) is 3.65. The normalized spacial score (nSPS) is 11.5. The molecule has 0 radical (unpaired) electrons. The molecule has 124 valence electrons. The van der Waals surface area contributed by atoms with Gasteiger partial charge in [-0.3, -0.25) is 0 Å². The molecule has 1 aromatic heterocycles. The molecule has 5 heteroatoms. The third kappa shape index (κ3) is 6.14. The van der Waals surface area contributed by atoms with Gasteiger partial charge in [-0.1, -0.05) is 30.3 Å². The van der Waals surface area contributed by atoms with Gasteiger partial charge in [0.1, 0.15) is 5.82 Å². The monoisotopic (exact) mass is 313 g/mol. The number of imidazole rings is 1. The first kappa shape index (κ1) is 17.1. The van der Waals surface area contributed by atoms with Crippen molar-refractivity contribution in [2.75, 3.05) is 13.1 Å². The highest BCUT2D eigenvalue weighted by Crippen LogP contribution is 2.01. The Kier molecular flexibility index (Phi) is 7.17. The van der Waals surface area contributed by atoms with E-state index in [4.69, 9.17) is 0 Å². The SMILES string of the molecule is CCNC(=NCc1ccccc1)NCCCCn1ccnc1C. The maximum absolute atomic E-state index is 4.62. The first-order valence-corrected chi connectivity index (χ1v) is 8.33. The second-order valence-corrected chi connectivity index (χ2v) is 5.48. The van der Waals surface area contributed by atoms with Gasteiger partial charge in [-0.05, 0) is 32.3 Å². The fourth-order valence-electron chi connectivity index (χ4n) is 2.35. The van der Waals surface area contributed by atoms with Crippen molar-refractivity contribution in [3.05, 3.63) is 54.1 Å². The van der Waals surface area contributed by atoms with Gasteiger partial charge in [-0.25, -0.2) is 9.98 Å². The van der Waals surface area contributed by atoms with Gasteiger partial charge in [0.15, 0.2) is 5.96 Å². The Morgan fingerprint density at radius 2 is 2.00 bits per heavy atom. The van der Waals surface area contributed by atoms with Gasteiger partial charge < -0.3 is 15.2 Å². The molecule has 0 saturated carbocycles. The van der Waals surface area contributed by atoms with Crippen molar-refractivity contribution in [3.63, 3.8) is 0 Å². The molecule has 0 aliphatic carbocycles. The van der Waals surface area contributed by atoms with E-state index in [2.05, 4.69) is 44.2 Å². The highest BCUT2D eigenvalue weighted by Gasteiger charge is 1.99. The molecular weight excluding hydrogens is 286 g/mol. The smallest absolute Gasteiger partial charge is 0.191 e. The van der Waals surface area contributed by atoms with Crippen LogP contribution in [0.3, 0.4) is 0 Å². The molecule has 5 nitrogen and oxygen atoms in total. The number of benzene rings is 1. The van der Waals surface area contributed by atoms with E-state index in [9.17, 15) is 0 Å². The van der Waals surface area contributed by atoms with Crippen molar-refractivity contribution in [2.24, 2.45) is 4.99 Å². The molecule has 0 unspecified atom stereocenters. The maximum atomic E-state index is 4.62. The highest BCUT2D eigenvalue weighted by atomic mass is 15.2. The molecule has 2 N–H and O–H groups in total. The summed E-state index contributed by atoms with van der Waals surface area (Å²) in [7, 11) is 0. The number of rotatable bonds is 8. The second-order valence-electron chi connectivity index (χ2n) is 5.48. The topological polar surface area (TPSA) is 54.2 Å². The summed E-state index contributed by atoms with van der Waals surface area (Å²) in [6.07, 6.45) is 6.12. The van der Waals surface area contributed by atoms with E-state index in [1.54, 1.807) is 0 Å². The van der Waals surface area contributed by atoms with Gasteiger partial charge in [-0.15, -0.1) is 0 Å². The fraction of sp³-hybridized carbons (Fsp3) is 0.444. The van der Waals surface area contributed by atoms with Crippen LogP contribution < -0.4 is 10.6 Å². The van der Waals surface area contributed by atoms with Crippen LogP contribution in [0.4, 0.5) is 0 Å². The standard InChI is InChI=1S/C18H27N5/c1-3-19-18(22-15-17-9-5-4-6-10-17)21-11-7-8-13-23-14-12-20-16(23)2/h4-6,9-10,12,14H,3,7-8,11,13,15H2,1-2H3,(H2,19,21,22). The van der Waals surface area contributed by atoms with E-state index < -0.39 is 0 Å². The van der Waals surface area contributed by atoms with Gasteiger partial charge >= 0.3 is 0 Å². The zero-order valence-corrected chi connectivity index (χ0v) is 14.1. The first-order valence-electron chi connectivity index (χ1n) is 8.33. The van der Waals surface area contributed by atoms with E-state index in [0.717, 1.165) is 44.3 Å². The van der Waals surface area contributed by atoms with E-state index >= 15 is 0 Å². The lowest BCUT2D eigenvalue weighted by Crippen LogP contribution is -2.37. The molecule has 2 aromatic rings. The van der Waals surface area contributed by atoms with Crippen molar-refractivity contribution >= 4 is 5.96 Å². The molecule has 2 rings (SSSR count). The number of aromatic nitrogens is 2.